The Balaban J connectivity index is 1.56. The number of methoxy groups -OCH3 is 2. The third-order valence-corrected chi connectivity index (χ3v) is 4.27. The molecule has 8 nitrogen and oxygen atoms in total. The fraction of sp³-hybridized carbons (Fsp3) is 0.529. The number of hydrogen-bond acceptors (Lipinski definition) is 8. The SMILES string of the molecule is COc1cc(OC)nc(N2CCC(COc3nccnc3C)CC2)n1. The summed E-state index contributed by atoms with van der Waals surface area (Å²) in [6.07, 6.45) is 5.33. The molecule has 134 valence electrons. The third kappa shape index (κ3) is 4.26. The number of nitrogens with zero attached hydrogens (tertiary/aromatic N) is 5. The van der Waals surface area contributed by atoms with Crippen molar-refractivity contribution in [2.75, 3.05) is 38.8 Å². The zero-order valence-electron chi connectivity index (χ0n) is 14.8. The van der Waals surface area contributed by atoms with Gasteiger partial charge in [-0.3, -0.25) is 4.98 Å². The van der Waals surface area contributed by atoms with Crippen LogP contribution < -0.4 is 19.1 Å². The van der Waals surface area contributed by atoms with Gasteiger partial charge in [0.2, 0.25) is 23.6 Å². The predicted octanol–water partition coefficient (Wildman–Crippen LogP) is 1.89. The van der Waals surface area contributed by atoms with Crippen LogP contribution in [0.4, 0.5) is 5.95 Å². The monoisotopic (exact) mass is 345 g/mol. The third-order valence-electron chi connectivity index (χ3n) is 4.27. The molecule has 1 fully saturated rings. The summed E-state index contributed by atoms with van der Waals surface area (Å²) in [5, 5.41) is 0. The van der Waals surface area contributed by atoms with Crippen molar-refractivity contribution >= 4 is 5.95 Å². The van der Waals surface area contributed by atoms with E-state index in [1.165, 1.54) is 0 Å². The van der Waals surface area contributed by atoms with E-state index in [1.54, 1.807) is 32.7 Å². The second kappa shape index (κ2) is 7.96. The van der Waals surface area contributed by atoms with Crippen LogP contribution in [0.1, 0.15) is 18.5 Å². The van der Waals surface area contributed by atoms with E-state index >= 15 is 0 Å². The summed E-state index contributed by atoms with van der Waals surface area (Å²) < 4.78 is 16.3. The van der Waals surface area contributed by atoms with Gasteiger partial charge in [0.15, 0.2) is 0 Å². The zero-order chi connectivity index (χ0) is 17.6. The highest BCUT2D eigenvalue weighted by atomic mass is 16.5. The van der Waals surface area contributed by atoms with Crippen molar-refractivity contribution in [2.45, 2.75) is 19.8 Å². The van der Waals surface area contributed by atoms with E-state index in [4.69, 9.17) is 14.2 Å². The Morgan fingerprint density at radius 1 is 1.04 bits per heavy atom. The highest BCUT2D eigenvalue weighted by molar-refractivity contribution is 5.37. The highest BCUT2D eigenvalue weighted by Gasteiger charge is 2.23. The van der Waals surface area contributed by atoms with Crippen molar-refractivity contribution in [3.05, 3.63) is 24.2 Å². The minimum atomic E-state index is 0.477. The molecule has 0 radical (unpaired) electrons. The van der Waals surface area contributed by atoms with E-state index in [1.807, 2.05) is 6.92 Å². The molecule has 0 N–H and O–H groups in total. The fourth-order valence-corrected chi connectivity index (χ4v) is 2.78. The summed E-state index contributed by atoms with van der Waals surface area (Å²) in [6.45, 7) is 4.28. The molecule has 0 aromatic carbocycles. The van der Waals surface area contributed by atoms with Crippen molar-refractivity contribution in [3.63, 3.8) is 0 Å². The van der Waals surface area contributed by atoms with E-state index in [9.17, 15) is 0 Å². The number of anilines is 1. The van der Waals surface area contributed by atoms with Crippen LogP contribution in [0, 0.1) is 12.8 Å². The summed E-state index contributed by atoms with van der Waals surface area (Å²) in [6, 6.07) is 1.67. The van der Waals surface area contributed by atoms with Gasteiger partial charge in [-0.05, 0) is 25.7 Å². The lowest BCUT2D eigenvalue weighted by Gasteiger charge is -2.31. The van der Waals surface area contributed by atoms with Crippen molar-refractivity contribution in [1.82, 2.24) is 19.9 Å². The normalized spacial score (nSPS) is 15.1. The average molecular weight is 345 g/mol. The Labute approximate surface area is 147 Å². The summed E-state index contributed by atoms with van der Waals surface area (Å²) in [4.78, 5) is 19.4. The molecule has 25 heavy (non-hydrogen) atoms. The summed E-state index contributed by atoms with van der Waals surface area (Å²) >= 11 is 0. The lowest BCUT2D eigenvalue weighted by atomic mass is 9.98. The van der Waals surface area contributed by atoms with E-state index in [-0.39, 0.29) is 0 Å². The van der Waals surface area contributed by atoms with Gasteiger partial charge in [0.05, 0.1) is 32.6 Å². The molecule has 0 amide bonds. The summed E-state index contributed by atoms with van der Waals surface area (Å²) in [5.41, 5.74) is 0.816. The molecule has 1 aliphatic rings. The van der Waals surface area contributed by atoms with Crippen LogP contribution in [-0.4, -0.2) is 53.9 Å². The molecule has 0 atom stereocenters. The molecule has 0 aliphatic carbocycles. The molecular formula is C17H23N5O3. The van der Waals surface area contributed by atoms with E-state index in [0.717, 1.165) is 31.6 Å². The molecule has 1 saturated heterocycles. The number of hydrogen-bond donors (Lipinski definition) is 0. The quantitative estimate of drug-likeness (QED) is 0.785. The van der Waals surface area contributed by atoms with Crippen molar-refractivity contribution < 1.29 is 14.2 Å². The van der Waals surface area contributed by atoms with Gasteiger partial charge in [-0.2, -0.15) is 9.97 Å². The van der Waals surface area contributed by atoms with Gasteiger partial charge >= 0.3 is 0 Å². The maximum Gasteiger partial charge on any atom is 0.235 e. The van der Waals surface area contributed by atoms with Crippen LogP contribution in [0.3, 0.4) is 0 Å². The van der Waals surface area contributed by atoms with Gasteiger partial charge in [-0.1, -0.05) is 0 Å². The largest absolute Gasteiger partial charge is 0.481 e. The van der Waals surface area contributed by atoms with Gasteiger partial charge in [-0.25, -0.2) is 4.98 Å². The van der Waals surface area contributed by atoms with Crippen molar-refractivity contribution in [1.29, 1.82) is 0 Å². The van der Waals surface area contributed by atoms with Gasteiger partial charge in [0, 0.05) is 25.5 Å². The van der Waals surface area contributed by atoms with Crippen molar-refractivity contribution in [3.8, 4) is 17.6 Å². The first-order chi connectivity index (χ1) is 12.2. The Morgan fingerprint density at radius 3 is 2.28 bits per heavy atom. The number of aryl methyl sites for hydroxylation is 1. The molecule has 1 aliphatic heterocycles. The number of rotatable bonds is 6. The second-order valence-corrected chi connectivity index (χ2v) is 5.94. The molecule has 8 heteroatoms. The molecule has 2 aromatic heterocycles. The molecule has 0 saturated carbocycles. The summed E-state index contributed by atoms with van der Waals surface area (Å²) in [5.74, 6) is 2.74. The van der Waals surface area contributed by atoms with E-state index in [0.29, 0.717) is 36.1 Å². The minimum Gasteiger partial charge on any atom is -0.481 e. The molecule has 3 rings (SSSR count). The molecule has 0 bridgehead atoms. The van der Waals surface area contributed by atoms with Crippen LogP contribution >= 0.6 is 0 Å². The first-order valence-electron chi connectivity index (χ1n) is 8.32. The lowest BCUT2D eigenvalue weighted by molar-refractivity contribution is 0.213. The number of aromatic nitrogens is 4. The predicted molar refractivity (Wildman–Crippen MR) is 92.3 cm³/mol. The van der Waals surface area contributed by atoms with Crippen LogP contribution in [0.15, 0.2) is 18.5 Å². The zero-order valence-corrected chi connectivity index (χ0v) is 14.8. The average Bonchev–Trinajstić information content (AvgIpc) is 2.67. The Bertz CT molecular complexity index is 682. The van der Waals surface area contributed by atoms with Gasteiger partial charge in [-0.15, -0.1) is 0 Å². The Morgan fingerprint density at radius 2 is 1.68 bits per heavy atom. The molecule has 0 unspecified atom stereocenters. The first kappa shape index (κ1) is 17.2. The molecular weight excluding hydrogens is 322 g/mol. The van der Waals surface area contributed by atoms with E-state index < -0.39 is 0 Å². The second-order valence-electron chi connectivity index (χ2n) is 5.94. The fourth-order valence-electron chi connectivity index (χ4n) is 2.78. The first-order valence-corrected chi connectivity index (χ1v) is 8.32. The van der Waals surface area contributed by atoms with Crippen LogP contribution in [0.25, 0.3) is 0 Å². The van der Waals surface area contributed by atoms with Crippen LogP contribution in [-0.2, 0) is 0 Å². The maximum atomic E-state index is 5.83. The van der Waals surface area contributed by atoms with Crippen LogP contribution in [0.2, 0.25) is 0 Å². The Hall–Kier alpha value is -2.64. The molecule has 0 spiro atoms. The van der Waals surface area contributed by atoms with Crippen LogP contribution in [0.5, 0.6) is 17.6 Å². The standard InChI is InChI=1S/C17H23N5O3/c1-12-16(19-7-6-18-12)25-11-13-4-8-22(9-5-13)17-20-14(23-2)10-15(21-17)24-3/h6-7,10,13H,4-5,8-9,11H2,1-3H3. The topological polar surface area (TPSA) is 82.5 Å². The maximum absolute atomic E-state index is 5.83. The lowest BCUT2D eigenvalue weighted by Crippen LogP contribution is -2.36. The number of piperidine rings is 1. The van der Waals surface area contributed by atoms with Gasteiger partial charge < -0.3 is 19.1 Å². The minimum absolute atomic E-state index is 0.477. The highest BCUT2D eigenvalue weighted by Crippen LogP contribution is 2.25. The summed E-state index contributed by atoms with van der Waals surface area (Å²) in [7, 11) is 3.17. The Kier molecular flexibility index (Phi) is 5.47. The van der Waals surface area contributed by atoms with E-state index in [2.05, 4.69) is 24.8 Å². The van der Waals surface area contributed by atoms with Gasteiger partial charge in [0.25, 0.3) is 0 Å². The smallest absolute Gasteiger partial charge is 0.235 e. The molecule has 3 heterocycles. The number of ether oxygens (including phenoxy) is 3. The molecule has 2 aromatic rings. The van der Waals surface area contributed by atoms with Gasteiger partial charge in [0.1, 0.15) is 0 Å². The van der Waals surface area contributed by atoms with Crippen molar-refractivity contribution in [2.24, 2.45) is 5.92 Å².